The Hall–Kier alpha value is -2.08. The Bertz CT molecular complexity index is 793. The van der Waals surface area contributed by atoms with Crippen molar-refractivity contribution in [3.05, 3.63) is 47.2 Å². The predicted molar refractivity (Wildman–Crippen MR) is 110 cm³/mol. The highest BCUT2D eigenvalue weighted by Crippen LogP contribution is 2.29. The molecule has 1 unspecified atom stereocenters. The van der Waals surface area contributed by atoms with Crippen LogP contribution in [0.25, 0.3) is 0 Å². The van der Waals surface area contributed by atoms with E-state index in [2.05, 4.69) is 31.7 Å². The number of aromatic carboxylic acids is 1. The van der Waals surface area contributed by atoms with Gasteiger partial charge in [-0.25, -0.2) is 14.8 Å². The first-order chi connectivity index (χ1) is 12.9. The minimum atomic E-state index is -0.900. The van der Waals surface area contributed by atoms with Crippen LogP contribution in [-0.4, -0.2) is 33.6 Å². The summed E-state index contributed by atoms with van der Waals surface area (Å²) in [4.78, 5) is 23.0. The first kappa shape index (κ1) is 19.7. The van der Waals surface area contributed by atoms with Gasteiger partial charge in [0, 0.05) is 30.1 Å². The van der Waals surface area contributed by atoms with Crippen molar-refractivity contribution in [3.63, 3.8) is 0 Å². The quantitative estimate of drug-likeness (QED) is 0.559. The summed E-state index contributed by atoms with van der Waals surface area (Å²) in [5.41, 5.74) is 2.45. The monoisotopic (exact) mass is 385 g/mol. The molecule has 5 nitrogen and oxygen atoms in total. The molecule has 0 bridgehead atoms. The van der Waals surface area contributed by atoms with Gasteiger partial charge in [-0.05, 0) is 49.8 Å². The molecule has 3 rings (SSSR count). The summed E-state index contributed by atoms with van der Waals surface area (Å²) in [6.07, 6.45) is 3.71. The zero-order valence-electron chi connectivity index (χ0n) is 16.2. The average molecular weight is 386 g/mol. The van der Waals surface area contributed by atoms with Gasteiger partial charge in [-0.1, -0.05) is 37.7 Å². The summed E-state index contributed by atoms with van der Waals surface area (Å²) in [5.74, 6) is 1.20. The standard InChI is InChI=1S/C21H27N3O2S/c1-14(2)18-12-19(24-11-5-4-6-15(24)3)23-21(22-18)27-13-16-7-9-17(10-8-16)20(25)26/h7-10,12,14-15H,4-6,11,13H2,1-3H3,(H,25,26). The number of rotatable bonds is 6. The lowest BCUT2D eigenvalue weighted by atomic mass is 10.0. The predicted octanol–water partition coefficient (Wildman–Crippen LogP) is 4.97. The van der Waals surface area contributed by atoms with Gasteiger partial charge in [0.2, 0.25) is 0 Å². The molecule has 0 spiro atoms. The number of carboxylic acid groups (broad SMARTS) is 1. The van der Waals surface area contributed by atoms with Crippen LogP contribution in [0, 0.1) is 0 Å². The molecule has 2 aromatic rings. The van der Waals surface area contributed by atoms with Gasteiger partial charge in [-0.15, -0.1) is 0 Å². The van der Waals surface area contributed by atoms with E-state index in [1.54, 1.807) is 23.9 Å². The van der Waals surface area contributed by atoms with Gasteiger partial charge in [0.25, 0.3) is 0 Å². The van der Waals surface area contributed by atoms with E-state index in [-0.39, 0.29) is 0 Å². The Morgan fingerprint density at radius 3 is 2.63 bits per heavy atom. The molecular formula is C21H27N3O2S. The van der Waals surface area contributed by atoms with Crippen molar-refractivity contribution in [1.82, 2.24) is 9.97 Å². The fraction of sp³-hybridized carbons (Fsp3) is 0.476. The van der Waals surface area contributed by atoms with Gasteiger partial charge in [0.1, 0.15) is 5.82 Å². The lowest BCUT2D eigenvalue weighted by Gasteiger charge is -2.34. The lowest BCUT2D eigenvalue weighted by molar-refractivity contribution is 0.0697. The average Bonchev–Trinajstić information content (AvgIpc) is 2.66. The minimum absolute atomic E-state index is 0.308. The molecule has 0 aliphatic carbocycles. The molecule has 0 saturated carbocycles. The number of anilines is 1. The largest absolute Gasteiger partial charge is 0.478 e. The lowest BCUT2D eigenvalue weighted by Crippen LogP contribution is -2.38. The van der Waals surface area contributed by atoms with E-state index in [0.717, 1.165) is 34.5 Å². The Kier molecular flexibility index (Phi) is 6.37. The minimum Gasteiger partial charge on any atom is -0.478 e. The van der Waals surface area contributed by atoms with Crippen molar-refractivity contribution in [2.45, 2.75) is 62.9 Å². The number of carbonyl (C=O) groups is 1. The second-order valence-electron chi connectivity index (χ2n) is 7.42. The molecule has 1 N–H and O–H groups in total. The topological polar surface area (TPSA) is 66.3 Å². The van der Waals surface area contributed by atoms with Crippen molar-refractivity contribution in [2.75, 3.05) is 11.4 Å². The van der Waals surface area contributed by atoms with Gasteiger partial charge in [-0.3, -0.25) is 0 Å². The molecule has 1 atom stereocenters. The van der Waals surface area contributed by atoms with Crippen LogP contribution in [0.1, 0.15) is 67.6 Å². The Morgan fingerprint density at radius 2 is 2.00 bits per heavy atom. The van der Waals surface area contributed by atoms with E-state index < -0.39 is 5.97 Å². The molecule has 1 aliphatic heterocycles. The first-order valence-corrected chi connectivity index (χ1v) is 10.5. The van der Waals surface area contributed by atoms with E-state index in [4.69, 9.17) is 15.1 Å². The summed E-state index contributed by atoms with van der Waals surface area (Å²) < 4.78 is 0. The maximum atomic E-state index is 11.0. The van der Waals surface area contributed by atoms with Crippen LogP contribution < -0.4 is 4.90 Å². The highest BCUT2D eigenvalue weighted by molar-refractivity contribution is 7.98. The molecular weight excluding hydrogens is 358 g/mol. The van der Waals surface area contributed by atoms with Crippen LogP contribution in [0.15, 0.2) is 35.5 Å². The van der Waals surface area contributed by atoms with Crippen LogP contribution in [0.2, 0.25) is 0 Å². The number of hydrogen-bond acceptors (Lipinski definition) is 5. The molecule has 1 aromatic carbocycles. The fourth-order valence-corrected chi connectivity index (χ4v) is 4.08. The molecule has 1 aliphatic rings. The summed E-state index contributed by atoms with van der Waals surface area (Å²) in [7, 11) is 0. The fourth-order valence-electron chi connectivity index (χ4n) is 3.27. The van der Waals surface area contributed by atoms with Crippen LogP contribution in [0.3, 0.4) is 0 Å². The summed E-state index contributed by atoms with van der Waals surface area (Å²) in [5, 5.41) is 9.80. The third-order valence-electron chi connectivity index (χ3n) is 4.97. The van der Waals surface area contributed by atoms with Crippen LogP contribution >= 0.6 is 11.8 Å². The van der Waals surface area contributed by atoms with E-state index in [1.165, 1.54) is 19.3 Å². The second kappa shape index (κ2) is 8.74. The van der Waals surface area contributed by atoms with E-state index >= 15 is 0 Å². The second-order valence-corrected chi connectivity index (χ2v) is 8.36. The van der Waals surface area contributed by atoms with Gasteiger partial charge >= 0.3 is 5.97 Å². The Morgan fingerprint density at radius 1 is 1.26 bits per heavy atom. The molecule has 144 valence electrons. The van der Waals surface area contributed by atoms with Crippen molar-refractivity contribution >= 4 is 23.5 Å². The van der Waals surface area contributed by atoms with Crippen molar-refractivity contribution in [3.8, 4) is 0 Å². The molecule has 6 heteroatoms. The van der Waals surface area contributed by atoms with Crippen LogP contribution in [0.4, 0.5) is 5.82 Å². The molecule has 0 amide bonds. The number of benzene rings is 1. The Labute approximate surface area is 165 Å². The summed E-state index contributed by atoms with van der Waals surface area (Å²) in [6, 6.07) is 9.65. The Balaban J connectivity index is 1.78. The SMILES string of the molecule is CC(C)c1cc(N2CCCCC2C)nc(SCc2ccc(C(=O)O)cc2)n1. The maximum Gasteiger partial charge on any atom is 0.335 e. The summed E-state index contributed by atoms with van der Waals surface area (Å²) in [6.45, 7) is 7.64. The molecule has 1 saturated heterocycles. The maximum absolute atomic E-state index is 11.0. The van der Waals surface area contributed by atoms with Gasteiger partial charge in [0.05, 0.1) is 5.56 Å². The normalized spacial score (nSPS) is 17.3. The number of thioether (sulfide) groups is 1. The van der Waals surface area contributed by atoms with E-state index in [9.17, 15) is 4.79 Å². The number of piperidine rings is 1. The highest BCUT2D eigenvalue weighted by atomic mass is 32.2. The highest BCUT2D eigenvalue weighted by Gasteiger charge is 2.21. The third kappa shape index (κ3) is 5.01. The van der Waals surface area contributed by atoms with E-state index in [0.29, 0.717) is 17.5 Å². The summed E-state index contributed by atoms with van der Waals surface area (Å²) >= 11 is 1.60. The number of nitrogens with zero attached hydrogens (tertiary/aromatic N) is 3. The molecule has 27 heavy (non-hydrogen) atoms. The first-order valence-electron chi connectivity index (χ1n) is 9.54. The van der Waals surface area contributed by atoms with Crippen molar-refractivity contribution in [2.24, 2.45) is 0 Å². The molecule has 2 heterocycles. The molecule has 1 aromatic heterocycles. The third-order valence-corrected chi connectivity index (χ3v) is 5.89. The van der Waals surface area contributed by atoms with Crippen molar-refractivity contribution in [1.29, 1.82) is 0 Å². The number of hydrogen-bond donors (Lipinski definition) is 1. The van der Waals surface area contributed by atoms with E-state index in [1.807, 2.05) is 12.1 Å². The van der Waals surface area contributed by atoms with Gasteiger partial charge in [-0.2, -0.15) is 0 Å². The van der Waals surface area contributed by atoms with Gasteiger partial charge < -0.3 is 10.0 Å². The van der Waals surface area contributed by atoms with Crippen LogP contribution in [0.5, 0.6) is 0 Å². The number of aromatic nitrogens is 2. The van der Waals surface area contributed by atoms with Gasteiger partial charge in [0.15, 0.2) is 5.16 Å². The molecule has 1 fully saturated rings. The van der Waals surface area contributed by atoms with Crippen LogP contribution in [-0.2, 0) is 5.75 Å². The number of carboxylic acids is 1. The zero-order valence-corrected chi connectivity index (χ0v) is 17.0. The molecule has 0 radical (unpaired) electrons. The zero-order chi connectivity index (χ0) is 19.4. The van der Waals surface area contributed by atoms with Crippen molar-refractivity contribution < 1.29 is 9.90 Å². The smallest absolute Gasteiger partial charge is 0.335 e.